The third-order valence-electron chi connectivity index (χ3n) is 4.31. The number of dihydropyridines is 1. The molecule has 0 saturated carbocycles. The minimum Gasteiger partial charge on any atom is -0.496 e. The standard InChI is InChI=1S/C22H21N5O/c1-24-22(20-5-3-4-12-25-20)27-26-15-17-8-11-19(21(13-17)28-2)18-9-6-16(14-23)7-10-18/h3-13,20,25H,15H2,1-2H3. The number of ether oxygens (including phenoxy) is 1. The fourth-order valence-corrected chi connectivity index (χ4v) is 2.84. The Morgan fingerprint density at radius 1 is 1.18 bits per heavy atom. The van der Waals surface area contributed by atoms with Crippen molar-refractivity contribution < 1.29 is 4.74 Å². The fraction of sp³-hybridized carbons (Fsp3) is 0.182. The van der Waals surface area contributed by atoms with Crippen molar-refractivity contribution in [2.24, 2.45) is 15.2 Å². The van der Waals surface area contributed by atoms with Crippen LogP contribution in [0.3, 0.4) is 0 Å². The van der Waals surface area contributed by atoms with Crippen molar-refractivity contribution >= 4 is 5.84 Å². The van der Waals surface area contributed by atoms with Crippen LogP contribution in [-0.4, -0.2) is 26.0 Å². The molecule has 6 nitrogen and oxygen atoms in total. The monoisotopic (exact) mass is 371 g/mol. The zero-order valence-corrected chi connectivity index (χ0v) is 15.8. The van der Waals surface area contributed by atoms with Gasteiger partial charge in [0.05, 0.1) is 25.3 Å². The maximum atomic E-state index is 8.95. The maximum absolute atomic E-state index is 8.95. The van der Waals surface area contributed by atoms with Gasteiger partial charge in [-0.2, -0.15) is 10.4 Å². The number of benzene rings is 2. The van der Waals surface area contributed by atoms with Crippen molar-refractivity contribution in [2.45, 2.75) is 12.6 Å². The van der Waals surface area contributed by atoms with E-state index in [2.05, 4.69) is 26.6 Å². The number of nitriles is 1. The molecule has 1 aliphatic rings. The second-order valence-electron chi connectivity index (χ2n) is 6.09. The smallest absolute Gasteiger partial charge is 0.172 e. The molecule has 0 bridgehead atoms. The summed E-state index contributed by atoms with van der Waals surface area (Å²) in [6.45, 7) is 0.426. The summed E-state index contributed by atoms with van der Waals surface area (Å²) in [5.41, 5.74) is 3.57. The Hall–Kier alpha value is -3.72. The summed E-state index contributed by atoms with van der Waals surface area (Å²) in [7, 11) is 3.35. The highest BCUT2D eigenvalue weighted by molar-refractivity contribution is 5.89. The molecule has 1 unspecified atom stereocenters. The Labute approximate surface area is 164 Å². The van der Waals surface area contributed by atoms with E-state index in [1.165, 1.54) is 0 Å². The van der Waals surface area contributed by atoms with Crippen LogP contribution in [0.4, 0.5) is 0 Å². The molecule has 2 aromatic rings. The number of hydrogen-bond acceptors (Lipinski definition) is 5. The van der Waals surface area contributed by atoms with E-state index in [4.69, 9.17) is 10.00 Å². The molecule has 6 heteroatoms. The minimum atomic E-state index is -0.0629. The van der Waals surface area contributed by atoms with Crippen LogP contribution in [-0.2, 0) is 6.54 Å². The number of nitrogens with zero attached hydrogens (tertiary/aromatic N) is 4. The van der Waals surface area contributed by atoms with Gasteiger partial charge in [-0.1, -0.05) is 36.4 Å². The highest BCUT2D eigenvalue weighted by Gasteiger charge is 2.11. The lowest BCUT2D eigenvalue weighted by molar-refractivity contribution is 0.416. The number of hydrogen-bond donors (Lipinski definition) is 1. The van der Waals surface area contributed by atoms with Crippen molar-refractivity contribution in [3.8, 4) is 22.9 Å². The maximum Gasteiger partial charge on any atom is 0.172 e. The van der Waals surface area contributed by atoms with Gasteiger partial charge in [0, 0.05) is 12.6 Å². The van der Waals surface area contributed by atoms with E-state index in [1.54, 1.807) is 26.3 Å². The number of amidine groups is 1. The van der Waals surface area contributed by atoms with Crippen molar-refractivity contribution in [1.29, 1.82) is 5.26 Å². The van der Waals surface area contributed by atoms with Gasteiger partial charge in [0.2, 0.25) is 0 Å². The number of rotatable bonds is 5. The number of nitrogens with one attached hydrogen (secondary N) is 1. The lowest BCUT2D eigenvalue weighted by Crippen LogP contribution is -2.31. The molecule has 140 valence electrons. The largest absolute Gasteiger partial charge is 0.496 e. The van der Waals surface area contributed by atoms with E-state index in [9.17, 15) is 0 Å². The van der Waals surface area contributed by atoms with Gasteiger partial charge in [-0.05, 0) is 41.6 Å². The first-order chi connectivity index (χ1) is 13.7. The highest BCUT2D eigenvalue weighted by Crippen LogP contribution is 2.31. The summed E-state index contributed by atoms with van der Waals surface area (Å²) < 4.78 is 5.55. The van der Waals surface area contributed by atoms with E-state index < -0.39 is 0 Å². The molecular weight excluding hydrogens is 350 g/mol. The Bertz CT molecular complexity index is 981. The number of aliphatic imine (C=N–C) groups is 1. The van der Waals surface area contributed by atoms with Crippen LogP contribution in [0.1, 0.15) is 11.1 Å². The molecule has 1 heterocycles. The summed E-state index contributed by atoms with van der Waals surface area (Å²) in [4.78, 5) is 4.21. The number of azo groups is 1. The Kier molecular flexibility index (Phi) is 6.32. The molecule has 2 aromatic carbocycles. The van der Waals surface area contributed by atoms with Crippen LogP contribution in [0.2, 0.25) is 0 Å². The van der Waals surface area contributed by atoms with Gasteiger partial charge in [-0.3, -0.25) is 4.99 Å². The Balaban J connectivity index is 1.73. The van der Waals surface area contributed by atoms with E-state index in [0.717, 1.165) is 22.4 Å². The molecule has 0 aliphatic carbocycles. The van der Waals surface area contributed by atoms with Crippen LogP contribution in [0.15, 0.2) is 82.1 Å². The molecule has 0 aromatic heterocycles. The predicted molar refractivity (Wildman–Crippen MR) is 110 cm³/mol. The molecule has 0 fully saturated rings. The Morgan fingerprint density at radius 3 is 2.64 bits per heavy atom. The normalized spacial score (nSPS) is 16.0. The van der Waals surface area contributed by atoms with Gasteiger partial charge in [0.25, 0.3) is 0 Å². The molecule has 1 atom stereocenters. The molecule has 1 N–H and O–H groups in total. The fourth-order valence-electron chi connectivity index (χ4n) is 2.84. The zero-order chi connectivity index (χ0) is 19.8. The van der Waals surface area contributed by atoms with Gasteiger partial charge in [0.1, 0.15) is 11.8 Å². The first kappa shape index (κ1) is 19.1. The average Bonchev–Trinajstić information content (AvgIpc) is 2.77. The lowest BCUT2D eigenvalue weighted by atomic mass is 10.0. The first-order valence-corrected chi connectivity index (χ1v) is 8.86. The van der Waals surface area contributed by atoms with Crippen molar-refractivity contribution in [2.75, 3.05) is 14.2 Å². The van der Waals surface area contributed by atoms with Crippen LogP contribution >= 0.6 is 0 Å². The van der Waals surface area contributed by atoms with E-state index >= 15 is 0 Å². The lowest BCUT2D eigenvalue weighted by Gasteiger charge is -2.14. The van der Waals surface area contributed by atoms with E-state index in [-0.39, 0.29) is 6.04 Å². The summed E-state index contributed by atoms with van der Waals surface area (Å²) in [5, 5.41) is 20.7. The molecule has 0 spiro atoms. The SMILES string of the molecule is CN=C(N=NCc1ccc(-c2ccc(C#N)cc2)c(OC)c1)C1C=CC=CN1. The quantitative estimate of drug-likeness (QED) is 0.484. The second kappa shape index (κ2) is 9.28. The van der Waals surface area contributed by atoms with Gasteiger partial charge in [-0.25, -0.2) is 0 Å². The van der Waals surface area contributed by atoms with Gasteiger partial charge in [-0.15, -0.1) is 5.11 Å². The third kappa shape index (κ3) is 4.51. The Morgan fingerprint density at radius 2 is 2.00 bits per heavy atom. The molecule has 0 radical (unpaired) electrons. The van der Waals surface area contributed by atoms with Crippen molar-refractivity contribution in [3.63, 3.8) is 0 Å². The van der Waals surface area contributed by atoms with Crippen LogP contribution < -0.4 is 10.1 Å². The van der Waals surface area contributed by atoms with Crippen molar-refractivity contribution in [1.82, 2.24) is 5.32 Å². The highest BCUT2D eigenvalue weighted by atomic mass is 16.5. The number of allylic oxidation sites excluding steroid dienone is 2. The zero-order valence-electron chi connectivity index (χ0n) is 15.8. The molecule has 0 saturated heterocycles. The van der Waals surface area contributed by atoms with Crippen LogP contribution in [0.25, 0.3) is 11.1 Å². The van der Waals surface area contributed by atoms with Crippen LogP contribution in [0.5, 0.6) is 5.75 Å². The number of methoxy groups -OCH3 is 1. The van der Waals surface area contributed by atoms with E-state index in [1.807, 2.05) is 54.8 Å². The molecule has 28 heavy (non-hydrogen) atoms. The third-order valence-corrected chi connectivity index (χ3v) is 4.31. The van der Waals surface area contributed by atoms with Crippen molar-refractivity contribution in [3.05, 3.63) is 78.0 Å². The summed E-state index contributed by atoms with van der Waals surface area (Å²) in [5.74, 6) is 1.38. The summed E-state index contributed by atoms with van der Waals surface area (Å²) in [6.07, 6.45) is 7.71. The van der Waals surface area contributed by atoms with Gasteiger partial charge < -0.3 is 10.1 Å². The molecule has 3 rings (SSSR count). The molecule has 1 aliphatic heterocycles. The predicted octanol–water partition coefficient (Wildman–Crippen LogP) is 4.26. The summed E-state index contributed by atoms with van der Waals surface area (Å²) in [6, 6.07) is 15.4. The van der Waals surface area contributed by atoms with E-state index in [0.29, 0.717) is 17.9 Å². The van der Waals surface area contributed by atoms with Gasteiger partial charge >= 0.3 is 0 Å². The van der Waals surface area contributed by atoms with Gasteiger partial charge in [0.15, 0.2) is 5.84 Å². The topological polar surface area (TPSA) is 82.1 Å². The molecular formula is C22H21N5O. The minimum absolute atomic E-state index is 0.0629. The molecule has 0 amide bonds. The first-order valence-electron chi connectivity index (χ1n) is 8.86. The second-order valence-corrected chi connectivity index (χ2v) is 6.09. The average molecular weight is 371 g/mol. The van der Waals surface area contributed by atoms with Crippen LogP contribution in [0, 0.1) is 11.3 Å². The summed E-state index contributed by atoms with van der Waals surface area (Å²) >= 11 is 0.